The maximum absolute atomic E-state index is 10.2. The van der Waals surface area contributed by atoms with Crippen molar-refractivity contribution in [2.24, 2.45) is 0 Å². The van der Waals surface area contributed by atoms with Crippen LogP contribution in [0.2, 0.25) is 0 Å². The second-order valence-electron chi connectivity index (χ2n) is 7.42. The Labute approximate surface area is 151 Å². The van der Waals surface area contributed by atoms with Crippen LogP contribution in [0, 0.1) is 6.92 Å². The Morgan fingerprint density at radius 1 is 1.32 bits per heavy atom. The van der Waals surface area contributed by atoms with Gasteiger partial charge in [0.25, 0.3) is 0 Å². The molecule has 2 fully saturated rings. The Bertz CT molecular complexity index is 511. The summed E-state index contributed by atoms with van der Waals surface area (Å²) >= 11 is 0. The highest BCUT2D eigenvalue weighted by Crippen LogP contribution is 2.18. The molecule has 2 heterocycles. The number of nitrogens with zero attached hydrogens (tertiary/aromatic N) is 1. The van der Waals surface area contributed by atoms with Crippen molar-refractivity contribution in [2.45, 2.75) is 50.9 Å². The summed E-state index contributed by atoms with van der Waals surface area (Å²) < 4.78 is 11.1. The zero-order valence-electron chi connectivity index (χ0n) is 15.3. The topological polar surface area (TPSA) is 54.0 Å². The lowest BCUT2D eigenvalue weighted by Gasteiger charge is -2.34. The number of piperidine rings is 1. The van der Waals surface area contributed by atoms with Gasteiger partial charge in [0.2, 0.25) is 0 Å². The second kappa shape index (κ2) is 9.53. The highest BCUT2D eigenvalue weighted by molar-refractivity contribution is 5.46. The largest absolute Gasteiger partial charge is 0.389 e. The minimum Gasteiger partial charge on any atom is -0.389 e. The molecular weight excluding hydrogens is 316 g/mol. The fourth-order valence-electron chi connectivity index (χ4n) is 3.69. The lowest BCUT2D eigenvalue weighted by atomic mass is 10.0. The zero-order chi connectivity index (χ0) is 17.5. The van der Waals surface area contributed by atoms with Crippen molar-refractivity contribution in [1.29, 1.82) is 0 Å². The van der Waals surface area contributed by atoms with Crippen LogP contribution in [-0.2, 0) is 9.47 Å². The van der Waals surface area contributed by atoms with Crippen molar-refractivity contribution < 1.29 is 14.6 Å². The fraction of sp³-hybridized carbons (Fsp3) is 0.700. The van der Waals surface area contributed by atoms with Gasteiger partial charge in [0.05, 0.1) is 25.4 Å². The van der Waals surface area contributed by atoms with Gasteiger partial charge in [0.15, 0.2) is 0 Å². The van der Waals surface area contributed by atoms with Crippen LogP contribution in [0.25, 0.3) is 0 Å². The van der Waals surface area contributed by atoms with Crippen LogP contribution in [0.4, 0.5) is 5.69 Å². The number of aliphatic hydroxyl groups is 1. The van der Waals surface area contributed by atoms with E-state index in [1.807, 2.05) is 0 Å². The molecule has 2 N–H and O–H groups in total. The van der Waals surface area contributed by atoms with Crippen LogP contribution in [0.5, 0.6) is 0 Å². The summed E-state index contributed by atoms with van der Waals surface area (Å²) in [5.74, 6) is 0. The summed E-state index contributed by atoms with van der Waals surface area (Å²) in [6.45, 7) is 6.72. The van der Waals surface area contributed by atoms with E-state index in [0.29, 0.717) is 25.8 Å². The molecule has 1 aromatic rings. The van der Waals surface area contributed by atoms with E-state index >= 15 is 0 Å². The number of likely N-dealkylation sites (tertiary alicyclic amines) is 1. The predicted molar refractivity (Wildman–Crippen MR) is 100 cm³/mol. The van der Waals surface area contributed by atoms with Crippen LogP contribution in [0.1, 0.15) is 31.2 Å². The van der Waals surface area contributed by atoms with E-state index in [1.54, 1.807) is 0 Å². The van der Waals surface area contributed by atoms with Crippen LogP contribution < -0.4 is 5.32 Å². The molecule has 2 aliphatic heterocycles. The smallest absolute Gasteiger partial charge is 0.0900 e. The SMILES string of the molecule is Cc1cccc(NC2CCN(C[C@H](O)COC[C@H]3CCCO3)CC2)c1. The van der Waals surface area contributed by atoms with Gasteiger partial charge in [-0.3, -0.25) is 0 Å². The van der Waals surface area contributed by atoms with Crippen molar-refractivity contribution in [3.63, 3.8) is 0 Å². The number of hydrogen-bond acceptors (Lipinski definition) is 5. The molecule has 0 radical (unpaired) electrons. The minimum absolute atomic E-state index is 0.232. The van der Waals surface area contributed by atoms with Gasteiger partial charge in [-0.25, -0.2) is 0 Å². The minimum atomic E-state index is -0.414. The van der Waals surface area contributed by atoms with Crippen molar-refractivity contribution in [3.8, 4) is 0 Å². The molecular formula is C20H32N2O3. The normalized spacial score (nSPS) is 23.7. The fourth-order valence-corrected chi connectivity index (χ4v) is 3.69. The molecule has 140 valence electrons. The van der Waals surface area contributed by atoms with Crippen LogP contribution >= 0.6 is 0 Å². The number of rotatable bonds is 8. The molecule has 1 aromatic carbocycles. The van der Waals surface area contributed by atoms with Gasteiger partial charge in [-0.05, 0) is 50.3 Å². The van der Waals surface area contributed by atoms with Gasteiger partial charge in [-0.15, -0.1) is 0 Å². The number of benzene rings is 1. The predicted octanol–water partition coefficient (Wildman–Crippen LogP) is 2.43. The van der Waals surface area contributed by atoms with Crippen LogP contribution in [0.3, 0.4) is 0 Å². The quantitative estimate of drug-likeness (QED) is 0.756. The molecule has 5 heteroatoms. The van der Waals surface area contributed by atoms with E-state index in [0.717, 1.165) is 45.4 Å². The average molecular weight is 348 g/mol. The van der Waals surface area contributed by atoms with E-state index in [4.69, 9.17) is 9.47 Å². The molecule has 25 heavy (non-hydrogen) atoms. The zero-order valence-corrected chi connectivity index (χ0v) is 15.3. The Morgan fingerprint density at radius 3 is 2.88 bits per heavy atom. The number of aryl methyl sites for hydroxylation is 1. The van der Waals surface area contributed by atoms with Gasteiger partial charge in [0.1, 0.15) is 0 Å². The van der Waals surface area contributed by atoms with Crippen molar-refractivity contribution in [2.75, 3.05) is 44.8 Å². The third kappa shape index (κ3) is 6.26. The molecule has 0 aliphatic carbocycles. The van der Waals surface area contributed by atoms with E-state index in [2.05, 4.69) is 41.4 Å². The van der Waals surface area contributed by atoms with Crippen molar-refractivity contribution in [3.05, 3.63) is 29.8 Å². The molecule has 0 spiro atoms. The second-order valence-corrected chi connectivity index (χ2v) is 7.42. The number of β-amino-alcohol motifs (C(OH)–C–C–N with tert-alkyl or cyclic N) is 1. The third-order valence-corrected chi connectivity index (χ3v) is 5.08. The standard InChI is InChI=1S/C20H32N2O3/c1-16-4-2-5-18(12-16)21-17-7-9-22(10-8-17)13-19(23)14-24-15-20-6-3-11-25-20/h2,4-5,12,17,19-21,23H,3,6-11,13-15H2,1H3/t19-,20+/m0/s1. The average Bonchev–Trinajstić information content (AvgIpc) is 3.10. The summed E-state index contributed by atoms with van der Waals surface area (Å²) in [6, 6.07) is 9.07. The molecule has 2 saturated heterocycles. The first-order chi connectivity index (χ1) is 12.2. The Hall–Kier alpha value is -1.14. The first-order valence-electron chi connectivity index (χ1n) is 9.62. The highest BCUT2D eigenvalue weighted by Gasteiger charge is 2.21. The number of ether oxygens (including phenoxy) is 2. The Morgan fingerprint density at radius 2 is 2.16 bits per heavy atom. The van der Waals surface area contributed by atoms with Gasteiger partial charge >= 0.3 is 0 Å². The van der Waals surface area contributed by atoms with Crippen LogP contribution in [0.15, 0.2) is 24.3 Å². The molecule has 2 atom stereocenters. The van der Waals surface area contributed by atoms with E-state index in [-0.39, 0.29) is 6.10 Å². The molecule has 0 saturated carbocycles. The number of aliphatic hydroxyl groups excluding tert-OH is 1. The van der Waals surface area contributed by atoms with Crippen molar-refractivity contribution >= 4 is 5.69 Å². The maximum atomic E-state index is 10.2. The first-order valence-corrected chi connectivity index (χ1v) is 9.62. The van der Waals surface area contributed by atoms with E-state index < -0.39 is 6.10 Å². The number of anilines is 1. The van der Waals surface area contributed by atoms with E-state index in [9.17, 15) is 5.11 Å². The Balaban J connectivity index is 1.30. The molecule has 0 aromatic heterocycles. The maximum Gasteiger partial charge on any atom is 0.0900 e. The molecule has 3 rings (SSSR count). The third-order valence-electron chi connectivity index (χ3n) is 5.08. The van der Waals surface area contributed by atoms with Crippen LogP contribution in [-0.4, -0.2) is 67.7 Å². The highest BCUT2D eigenvalue weighted by atomic mass is 16.5. The van der Waals surface area contributed by atoms with Gasteiger partial charge in [-0.1, -0.05) is 12.1 Å². The van der Waals surface area contributed by atoms with Gasteiger partial charge < -0.3 is 24.8 Å². The first kappa shape index (κ1) is 18.6. The summed E-state index contributed by atoms with van der Waals surface area (Å²) in [7, 11) is 0. The molecule has 0 amide bonds. The summed E-state index contributed by atoms with van der Waals surface area (Å²) in [6.07, 6.45) is 4.24. The molecule has 0 unspecified atom stereocenters. The molecule has 5 nitrogen and oxygen atoms in total. The molecule has 2 aliphatic rings. The lowest BCUT2D eigenvalue weighted by molar-refractivity contribution is -0.0265. The summed E-state index contributed by atoms with van der Waals surface area (Å²) in [5.41, 5.74) is 2.49. The lowest BCUT2D eigenvalue weighted by Crippen LogP contribution is -2.43. The summed E-state index contributed by atoms with van der Waals surface area (Å²) in [5, 5.41) is 13.8. The monoisotopic (exact) mass is 348 g/mol. The number of hydrogen-bond donors (Lipinski definition) is 2. The number of nitrogens with one attached hydrogen (secondary N) is 1. The Kier molecular flexibility index (Phi) is 7.11. The molecule has 0 bridgehead atoms. The van der Waals surface area contributed by atoms with Gasteiger partial charge in [-0.2, -0.15) is 0 Å². The van der Waals surface area contributed by atoms with E-state index in [1.165, 1.54) is 11.3 Å². The summed E-state index contributed by atoms with van der Waals surface area (Å²) in [4.78, 5) is 2.34. The van der Waals surface area contributed by atoms with Crippen molar-refractivity contribution in [1.82, 2.24) is 4.90 Å². The van der Waals surface area contributed by atoms with Gasteiger partial charge in [0, 0.05) is 38.0 Å².